The lowest BCUT2D eigenvalue weighted by Gasteiger charge is -2.16. The van der Waals surface area contributed by atoms with E-state index >= 15 is 0 Å². The second-order valence-electron chi connectivity index (χ2n) is 2.03. The first-order valence-electron chi connectivity index (χ1n) is 4.17. The van der Waals surface area contributed by atoms with Gasteiger partial charge in [0.05, 0.1) is 19.8 Å². The van der Waals surface area contributed by atoms with Crippen molar-refractivity contribution in [2.45, 2.75) is 20.8 Å². The summed E-state index contributed by atoms with van der Waals surface area (Å²) in [6.45, 7) is 6.13. The highest BCUT2D eigenvalue weighted by Gasteiger charge is 2.31. The SMILES string of the molecule is CCOC(=S)P(=O)(OCC)OCC. The van der Waals surface area contributed by atoms with Gasteiger partial charge in [-0.3, -0.25) is 4.57 Å². The lowest BCUT2D eigenvalue weighted by Crippen LogP contribution is -2.08. The normalized spacial score (nSPS) is 11.3. The molecule has 0 spiro atoms. The monoisotopic (exact) mass is 226 g/mol. The Morgan fingerprint density at radius 1 is 1.15 bits per heavy atom. The van der Waals surface area contributed by atoms with Crippen molar-refractivity contribution in [1.82, 2.24) is 0 Å². The molecule has 0 atom stereocenters. The van der Waals surface area contributed by atoms with Crippen LogP contribution in [0.4, 0.5) is 0 Å². The summed E-state index contributed by atoms with van der Waals surface area (Å²) in [6, 6.07) is 0. The average Bonchev–Trinajstić information content (AvgIpc) is 2.05. The molecule has 0 aliphatic carbocycles. The minimum absolute atomic E-state index is 0.0845. The van der Waals surface area contributed by atoms with Gasteiger partial charge in [0.15, 0.2) is 0 Å². The molecule has 4 nitrogen and oxygen atoms in total. The van der Waals surface area contributed by atoms with Crippen molar-refractivity contribution in [2.24, 2.45) is 0 Å². The van der Waals surface area contributed by atoms with Crippen molar-refractivity contribution in [3.05, 3.63) is 0 Å². The summed E-state index contributed by atoms with van der Waals surface area (Å²) < 4.78 is 26.6. The lowest BCUT2D eigenvalue weighted by atomic mass is 10.9. The van der Waals surface area contributed by atoms with E-state index in [2.05, 4.69) is 0 Å². The first kappa shape index (κ1) is 13.0. The molecule has 6 heteroatoms. The largest absolute Gasteiger partial charge is 0.478 e. The van der Waals surface area contributed by atoms with Gasteiger partial charge in [-0.2, -0.15) is 0 Å². The Kier molecular flexibility index (Phi) is 6.51. The molecule has 0 fully saturated rings. The van der Waals surface area contributed by atoms with Gasteiger partial charge in [0.25, 0.3) is 4.79 Å². The van der Waals surface area contributed by atoms with Gasteiger partial charge in [-0.1, -0.05) is 0 Å². The zero-order valence-electron chi connectivity index (χ0n) is 8.11. The van der Waals surface area contributed by atoms with E-state index in [1.54, 1.807) is 20.8 Å². The molecule has 0 aromatic heterocycles. The topological polar surface area (TPSA) is 44.8 Å². The molecule has 0 amide bonds. The maximum atomic E-state index is 11.8. The quantitative estimate of drug-likeness (QED) is 0.514. The van der Waals surface area contributed by atoms with Gasteiger partial charge in [0, 0.05) is 0 Å². The highest BCUT2D eigenvalue weighted by Crippen LogP contribution is 2.50. The predicted octanol–water partition coefficient (Wildman–Crippen LogP) is 2.57. The molecule has 13 heavy (non-hydrogen) atoms. The molecule has 0 aromatic rings. The number of hydrogen-bond acceptors (Lipinski definition) is 5. The Bertz CT molecular complexity index is 197. The smallest absolute Gasteiger partial charge is 0.407 e. The zero-order valence-corrected chi connectivity index (χ0v) is 9.82. The van der Waals surface area contributed by atoms with Crippen LogP contribution in [-0.4, -0.2) is 24.6 Å². The van der Waals surface area contributed by atoms with Gasteiger partial charge in [-0.25, -0.2) is 0 Å². The van der Waals surface area contributed by atoms with E-state index in [1.165, 1.54) is 0 Å². The summed E-state index contributed by atoms with van der Waals surface area (Å²) in [4.78, 5) is -0.0845. The molecule has 78 valence electrons. The van der Waals surface area contributed by atoms with Gasteiger partial charge < -0.3 is 13.8 Å². The summed E-state index contributed by atoms with van der Waals surface area (Å²) in [7, 11) is -3.32. The van der Waals surface area contributed by atoms with Crippen molar-refractivity contribution in [3.8, 4) is 0 Å². The predicted molar refractivity (Wildman–Crippen MR) is 55.1 cm³/mol. The summed E-state index contributed by atoms with van der Waals surface area (Å²) in [6.07, 6.45) is 0. The number of hydrogen-bond donors (Lipinski definition) is 0. The molecule has 0 bridgehead atoms. The molecule has 0 rings (SSSR count). The van der Waals surface area contributed by atoms with Gasteiger partial charge in [-0.05, 0) is 33.0 Å². The molecule has 0 N–H and O–H groups in total. The average molecular weight is 226 g/mol. The van der Waals surface area contributed by atoms with Gasteiger partial charge in [0.1, 0.15) is 0 Å². The molecule has 0 saturated heterocycles. The van der Waals surface area contributed by atoms with Crippen molar-refractivity contribution in [1.29, 1.82) is 0 Å². The number of thiocarbonyl (C=S) groups is 1. The number of rotatable bonds is 6. The second-order valence-corrected chi connectivity index (χ2v) is 4.62. The van der Waals surface area contributed by atoms with Crippen LogP contribution >= 0.6 is 19.8 Å². The van der Waals surface area contributed by atoms with Gasteiger partial charge >= 0.3 is 7.60 Å². The van der Waals surface area contributed by atoms with E-state index in [1.807, 2.05) is 0 Å². The zero-order chi connectivity index (χ0) is 10.3. The highest BCUT2D eigenvalue weighted by molar-refractivity contribution is 7.97. The molecular formula is C7H15O4PS. The van der Waals surface area contributed by atoms with Crippen molar-refractivity contribution >= 4 is 24.6 Å². The summed E-state index contributed by atoms with van der Waals surface area (Å²) in [5.41, 5.74) is 0. The van der Waals surface area contributed by atoms with Crippen molar-refractivity contribution in [2.75, 3.05) is 19.8 Å². The first-order chi connectivity index (χ1) is 6.10. The maximum absolute atomic E-state index is 11.8. The third-order valence-corrected chi connectivity index (χ3v) is 3.65. The molecule has 0 heterocycles. The Morgan fingerprint density at radius 3 is 1.92 bits per heavy atom. The molecule has 0 aliphatic heterocycles. The van der Waals surface area contributed by atoms with Crippen LogP contribution < -0.4 is 0 Å². The number of ether oxygens (including phenoxy) is 1. The van der Waals surface area contributed by atoms with E-state index in [-0.39, 0.29) is 18.0 Å². The molecule has 0 radical (unpaired) electrons. The van der Waals surface area contributed by atoms with Gasteiger partial charge in [-0.15, -0.1) is 0 Å². The van der Waals surface area contributed by atoms with Crippen LogP contribution in [0.2, 0.25) is 0 Å². The van der Waals surface area contributed by atoms with E-state index in [0.29, 0.717) is 6.61 Å². The second kappa shape index (κ2) is 6.49. The van der Waals surface area contributed by atoms with Crippen LogP contribution in [-0.2, 0) is 18.3 Å². The fourth-order valence-electron chi connectivity index (χ4n) is 0.685. The Labute approximate surface area is 84.1 Å². The summed E-state index contributed by atoms with van der Waals surface area (Å²) in [5, 5.41) is 0. The molecule has 0 aliphatic rings. The van der Waals surface area contributed by atoms with E-state index in [9.17, 15) is 4.57 Å². The van der Waals surface area contributed by atoms with E-state index < -0.39 is 7.60 Å². The Balaban J connectivity index is 4.38. The summed E-state index contributed by atoms with van der Waals surface area (Å²) >= 11 is 4.78. The lowest BCUT2D eigenvalue weighted by molar-refractivity contribution is 0.221. The fourth-order valence-corrected chi connectivity index (χ4v) is 2.37. The molecule has 0 aromatic carbocycles. The third kappa shape index (κ3) is 4.18. The Hall–Kier alpha value is 0.0400. The molecular weight excluding hydrogens is 211 g/mol. The maximum Gasteiger partial charge on any atom is 0.407 e. The standard InChI is InChI=1S/C7H15O4PS/c1-4-9-7(13)12(8,10-5-2)11-6-3/h4-6H2,1-3H3. The highest BCUT2D eigenvalue weighted by atomic mass is 32.1. The van der Waals surface area contributed by atoms with E-state index in [4.69, 9.17) is 26.0 Å². The summed E-state index contributed by atoms with van der Waals surface area (Å²) in [5.74, 6) is 0. The van der Waals surface area contributed by atoms with Crippen LogP contribution in [0.5, 0.6) is 0 Å². The third-order valence-electron chi connectivity index (χ3n) is 1.09. The fraction of sp³-hybridized carbons (Fsp3) is 0.857. The first-order valence-corrected chi connectivity index (χ1v) is 6.12. The van der Waals surface area contributed by atoms with Crippen LogP contribution in [0.3, 0.4) is 0 Å². The van der Waals surface area contributed by atoms with Crippen molar-refractivity contribution < 1.29 is 18.3 Å². The van der Waals surface area contributed by atoms with Crippen LogP contribution in [0.15, 0.2) is 0 Å². The molecule has 0 saturated carbocycles. The van der Waals surface area contributed by atoms with E-state index in [0.717, 1.165) is 0 Å². The Morgan fingerprint density at radius 2 is 1.62 bits per heavy atom. The minimum atomic E-state index is -3.32. The van der Waals surface area contributed by atoms with Crippen molar-refractivity contribution in [3.63, 3.8) is 0 Å². The van der Waals surface area contributed by atoms with Crippen LogP contribution in [0.1, 0.15) is 20.8 Å². The van der Waals surface area contributed by atoms with Crippen LogP contribution in [0, 0.1) is 0 Å². The molecule has 0 unspecified atom stereocenters. The van der Waals surface area contributed by atoms with Gasteiger partial charge in [0.2, 0.25) is 0 Å². The minimum Gasteiger partial charge on any atom is -0.478 e. The van der Waals surface area contributed by atoms with Crippen LogP contribution in [0.25, 0.3) is 0 Å².